The van der Waals surface area contributed by atoms with Crippen LogP contribution in [0.2, 0.25) is 0 Å². The molecule has 0 atom stereocenters. The van der Waals surface area contributed by atoms with Gasteiger partial charge >= 0.3 is 11.5 Å². The van der Waals surface area contributed by atoms with E-state index >= 15 is 0 Å². The number of carbonyl (C=O) groups is 1. The lowest BCUT2D eigenvalue weighted by Crippen LogP contribution is -2.50. The molecule has 26 heavy (non-hydrogen) atoms. The van der Waals surface area contributed by atoms with Gasteiger partial charge in [0.2, 0.25) is 0 Å². The lowest BCUT2D eigenvalue weighted by molar-refractivity contribution is -0.172. The number of hydrogen-bond donors (Lipinski definition) is 1. The Kier molecular flexibility index (Phi) is 4.61. The molecule has 0 aromatic heterocycles. The van der Waals surface area contributed by atoms with Crippen LogP contribution >= 0.6 is 11.9 Å². The summed E-state index contributed by atoms with van der Waals surface area (Å²) in [5.74, 6) is 1.89. The van der Waals surface area contributed by atoms with Gasteiger partial charge in [-0.1, -0.05) is 12.1 Å². The number of anilines is 1. The molecule has 0 spiro atoms. The number of halogens is 3. The second kappa shape index (κ2) is 6.66. The molecule has 0 unspecified atom stereocenters. The van der Waals surface area contributed by atoms with Crippen LogP contribution in [0.3, 0.4) is 0 Å². The van der Waals surface area contributed by atoms with E-state index in [0.29, 0.717) is 29.0 Å². The molecule has 5 rings (SSSR count). The monoisotopic (exact) mass is 385 g/mol. The number of benzene rings is 1. The molecule has 1 aromatic carbocycles. The van der Waals surface area contributed by atoms with E-state index in [1.54, 1.807) is 24.3 Å². The molecule has 4 fully saturated rings. The summed E-state index contributed by atoms with van der Waals surface area (Å²) in [6.45, 7) is 0.104. The summed E-state index contributed by atoms with van der Waals surface area (Å²) in [6.07, 6.45) is 6.62. The Hall–Kier alpha value is -1.37. The van der Waals surface area contributed by atoms with Gasteiger partial charge in [-0.15, -0.1) is 0 Å². The summed E-state index contributed by atoms with van der Waals surface area (Å²) < 4.78 is 44.7. The van der Waals surface area contributed by atoms with Crippen molar-refractivity contribution in [2.45, 2.75) is 50.6 Å². The fourth-order valence-corrected chi connectivity index (χ4v) is 5.86. The first kappa shape index (κ1) is 18.0. The fourth-order valence-electron chi connectivity index (χ4n) is 5.50. The zero-order valence-corrected chi connectivity index (χ0v) is 15.2. The van der Waals surface area contributed by atoms with Crippen LogP contribution in [-0.2, 0) is 16.1 Å². The number of carbonyl (C=O) groups excluding carboxylic acids is 1. The van der Waals surface area contributed by atoms with Gasteiger partial charge in [-0.25, -0.2) is 0 Å². The van der Waals surface area contributed by atoms with Crippen molar-refractivity contribution in [1.82, 2.24) is 0 Å². The number of alkyl halides is 3. The Balaban J connectivity index is 1.36. The minimum atomic E-state index is -4.35. The molecule has 0 heterocycles. The molecule has 0 radical (unpaired) electrons. The van der Waals surface area contributed by atoms with Crippen LogP contribution in [-0.4, -0.2) is 11.5 Å². The first-order valence-corrected chi connectivity index (χ1v) is 9.90. The summed E-state index contributed by atoms with van der Waals surface area (Å²) in [7, 11) is 0. The fraction of sp³-hybridized carbons (Fsp3) is 0.632. The summed E-state index contributed by atoms with van der Waals surface area (Å²) >= 11 is -0.299. The summed E-state index contributed by atoms with van der Waals surface area (Å²) in [5, 5.41) is 0. The van der Waals surface area contributed by atoms with E-state index in [1.165, 1.54) is 19.3 Å². The molecule has 4 aliphatic carbocycles. The van der Waals surface area contributed by atoms with Crippen molar-refractivity contribution in [3.8, 4) is 0 Å². The average Bonchev–Trinajstić information content (AvgIpc) is 2.56. The van der Waals surface area contributed by atoms with Crippen molar-refractivity contribution < 1.29 is 22.7 Å². The van der Waals surface area contributed by atoms with Crippen molar-refractivity contribution in [2.75, 3.05) is 4.72 Å². The molecule has 1 N–H and O–H groups in total. The number of nitrogens with one attached hydrogen (secondary N) is 1. The van der Waals surface area contributed by atoms with Crippen LogP contribution in [0.5, 0.6) is 0 Å². The highest BCUT2D eigenvalue weighted by Crippen LogP contribution is 2.60. The van der Waals surface area contributed by atoms with Gasteiger partial charge in [0.1, 0.15) is 6.61 Å². The Morgan fingerprint density at radius 2 is 1.77 bits per heavy atom. The highest BCUT2D eigenvalue weighted by molar-refractivity contribution is 8.01. The van der Waals surface area contributed by atoms with Gasteiger partial charge in [0.05, 0.1) is 17.4 Å². The van der Waals surface area contributed by atoms with E-state index in [0.717, 1.165) is 19.3 Å². The largest absolute Gasteiger partial charge is 0.461 e. The quantitative estimate of drug-likeness (QED) is 0.535. The van der Waals surface area contributed by atoms with Gasteiger partial charge in [0, 0.05) is 5.69 Å². The van der Waals surface area contributed by atoms with Crippen LogP contribution < -0.4 is 4.72 Å². The number of rotatable bonds is 5. The van der Waals surface area contributed by atoms with Crippen LogP contribution in [0.25, 0.3) is 0 Å². The van der Waals surface area contributed by atoms with E-state index in [9.17, 15) is 18.0 Å². The van der Waals surface area contributed by atoms with Crippen LogP contribution in [0, 0.1) is 23.2 Å². The topological polar surface area (TPSA) is 38.3 Å². The minimum Gasteiger partial charge on any atom is -0.460 e. The van der Waals surface area contributed by atoms with E-state index in [2.05, 4.69) is 4.72 Å². The molecule has 4 bridgehead atoms. The normalized spacial score (nSPS) is 32.5. The van der Waals surface area contributed by atoms with Gasteiger partial charge in [0.15, 0.2) is 0 Å². The summed E-state index contributed by atoms with van der Waals surface area (Å²) in [4.78, 5) is 12.8. The van der Waals surface area contributed by atoms with Gasteiger partial charge < -0.3 is 9.46 Å². The first-order chi connectivity index (χ1) is 12.3. The van der Waals surface area contributed by atoms with Crippen LogP contribution in [0.4, 0.5) is 18.9 Å². The minimum absolute atomic E-state index is 0.104. The smallest absolute Gasteiger partial charge is 0.460 e. The Bertz CT molecular complexity index is 656. The zero-order valence-electron chi connectivity index (χ0n) is 14.3. The van der Waals surface area contributed by atoms with Crippen molar-refractivity contribution in [1.29, 1.82) is 0 Å². The molecule has 142 valence electrons. The molecular formula is C19H22F3NO2S. The third-order valence-electron chi connectivity index (χ3n) is 6.05. The van der Waals surface area contributed by atoms with E-state index in [-0.39, 0.29) is 29.9 Å². The number of esters is 1. The van der Waals surface area contributed by atoms with Gasteiger partial charge in [-0.05, 0) is 74.0 Å². The van der Waals surface area contributed by atoms with E-state index in [1.807, 2.05) is 0 Å². The predicted octanol–water partition coefficient (Wildman–Crippen LogP) is 5.53. The van der Waals surface area contributed by atoms with E-state index < -0.39 is 5.51 Å². The summed E-state index contributed by atoms with van der Waals surface area (Å²) in [5.41, 5.74) is -3.62. The highest BCUT2D eigenvalue weighted by Gasteiger charge is 2.55. The molecule has 4 aliphatic rings. The summed E-state index contributed by atoms with van der Waals surface area (Å²) in [6, 6.07) is 6.57. The van der Waals surface area contributed by atoms with Crippen molar-refractivity contribution >= 4 is 23.6 Å². The number of hydrogen-bond acceptors (Lipinski definition) is 4. The SMILES string of the molecule is O=C(OCc1cccc(NSC(F)(F)F)c1)C12CC3CC(CC(C3)C1)C2. The zero-order chi connectivity index (χ0) is 18.4. The second-order valence-corrected chi connectivity index (χ2v) is 9.00. The van der Waals surface area contributed by atoms with Crippen molar-refractivity contribution in [3.63, 3.8) is 0 Å². The van der Waals surface area contributed by atoms with Crippen LogP contribution in [0.15, 0.2) is 24.3 Å². The van der Waals surface area contributed by atoms with Crippen LogP contribution in [0.1, 0.15) is 44.1 Å². The maximum atomic E-state index is 12.8. The molecule has 3 nitrogen and oxygen atoms in total. The third-order valence-corrected chi connectivity index (χ3v) is 6.62. The molecule has 7 heteroatoms. The van der Waals surface area contributed by atoms with Gasteiger partial charge in [-0.3, -0.25) is 4.79 Å². The molecule has 0 amide bonds. The first-order valence-electron chi connectivity index (χ1n) is 9.08. The molecule has 0 saturated heterocycles. The Labute approximate surface area is 155 Å². The second-order valence-electron chi connectivity index (χ2n) is 8.12. The highest BCUT2D eigenvalue weighted by atomic mass is 32.2. The molecule has 1 aromatic rings. The predicted molar refractivity (Wildman–Crippen MR) is 94.1 cm³/mol. The standard InChI is InChI=1S/C19H22F3NO2S/c20-19(21,22)26-23-16-3-1-2-12(7-16)11-25-17(24)18-8-13-4-14(9-18)6-15(5-13)10-18/h1-3,7,13-15,23H,4-6,8-11H2. The van der Waals surface area contributed by atoms with Crippen molar-refractivity contribution in [2.24, 2.45) is 23.2 Å². The number of ether oxygens (including phenoxy) is 1. The average molecular weight is 385 g/mol. The Morgan fingerprint density at radius 3 is 2.35 bits per heavy atom. The third kappa shape index (κ3) is 3.82. The maximum absolute atomic E-state index is 12.8. The van der Waals surface area contributed by atoms with Crippen molar-refractivity contribution in [3.05, 3.63) is 29.8 Å². The lowest BCUT2D eigenvalue weighted by Gasteiger charge is -2.55. The molecule has 4 saturated carbocycles. The van der Waals surface area contributed by atoms with Gasteiger partial charge in [0.25, 0.3) is 0 Å². The van der Waals surface area contributed by atoms with Gasteiger partial charge in [-0.2, -0.15) is 13.2 Å². The lowest BCUT2D eigenvalue weighted by atomic mass is 9.49. The maximum Gasteiger partial charge on any atom is 0.461 e. The van der Waals surface area contributed by atoms with E-state index in [4.69, 9.17) is 4.74 Å². The Morgan fingerprint density at radius 1 is 1.15 bits per heavy atom. The molecular weight excluding hydrogens is 363 g/mol. The molecule has 0 aliphatic heterocycles.